The fraction of sp³-hybridized carbons (Fsp3) is 1.00. The third kappa shape index (κ3) is 17.4. The van der Waals surface area contributed by atoms with Gasteiger partial charge in [-0.25, -0.2) is 0 Å². The van der Waals surface area contributed by atoms with Crippen LogP contribution >= 0.6 is 0 Å². The van der Waals surface area contributed by atoms with Crippen LogP contribution in [-0.4, -0.2) is 125 Å². The topological polar surface area (TPSA) is 139 Å². The molecule has 0 aromatic rings. The van der Waals surface area contributed by atoms with E-state index in [1.807, 2.05) is 0 Å². The van der Waals surface area contributed by atoms with Gasteiger partial charge in [0.1, 0.15) is 6.10 Å². The minimum atomic E-state index is -1.29. The highest BCUT2D eigenvalue weighted by molar-refractivity contribution is 4.76. The average molecular weight is 399 g/mol. The number of hydrogen-bond donors (Lipinski definition) is 5. The molecule has 27 heavy (non-hydrogen) atoms. The minimum Gasteiger partial charge on any atom is -0.396 e. The molecule has 0 spiro atoms. The van der Waals surface area contributed by atoms with E-state index in [2.05, 4.69) is 5.32 Å². The van der Waals surface area contributed by atoms with Gasteiger partial charge in [0.25, 0.3) is 0 Å². The number of aliphatic hydroxyl groups is 4. The monoisotopic (exact) mass is 399 g/mol. The first-order chi connectivity index (χ1) is 13.1. The molecule has 0 radical (unpaired) electrons. The molecule has 0 aliphatic heterocycles. The first-order valence-electron chi connectivity index (χ1n) is 9.29. The van der Waals surface area contributed by atoms with Crippen LogP contribution in [0.15, 0.2) is 0 Å². The molecule has 0 amide bonds. The third-order valence-corrected chi connectivity index (χ3v) is 3.54. The zero-order valence-electron chi connectivity index (χ0n) is 16.3. The minimum absolute atomic E-state index is 0.0224. The lowest BCUT2D eigenvalue weighted by atomic mass is 10.1. The van der Waals surface area contributed by atoms with E-state index < -0.39 is 18.3 Å². The molecule has 3 atom stereocenters. The van der Waals surface area contributed by atoms with Crippen molar-refractivity contribution in [1.29, 1.82) is 0 Å². The molecule has 0 aromatic heterocycles. The van der Waals surface area contributed by atoms with Crippen molar-refractivity contribution in [3.05, 3.63) is 0 Å². The van der Waals surface area contributed by atoms with Gasteiger partial charge in [0.2, 0.25) is 0 Å². The Bertz CT molecular complexity index is 300. The molecule has 0 fully saturated rings. The third-order valence-electron chi connectivity index (χ3n) is 3.54. The first kappa shape index (κ1) is 26.6. The largest absolute Gasteiger partial charge is 0.396 e. The van der Waals surface area contributed by atoms with Gasteiger partial charge in [0, 0.05) is 26.8 Å². The van der Waals surface area contributed by atoms with Crippen LogP contribution in [-0.2, 0) is 23.7 Å². The SMILES string of the molecule is COCCOCCOCCOCCOCCNCC(O)C(O)C(O)CCO. The van der Waals surface area contributed by atoms with Crippen LogP contribution in [0.1, 0.15) is 6.42 Å². The molecule has 10 nitrogen and oxygen atoms in total. The van der Waals surface area contributed by atoms with Gasteiger partial charge in [-0.1, -0.05) is 0 Å². The summed E-state index contributed by atoms with van der Waals surface area (Å²) in [6, 6.07) is 0. The van der Waals surface area contributed by atoms with Crippen molar-refractivity contribution in [3.63, 3.8) is 0 Å². The van der Waals surface area contributed by atoms with Crippen LogP contribution in [0, 0.1) is 0 Å². The average Bonchev–Trinajstić information content (AvgIpc) is 2.67. The summed E-state index contributed by atoms with van der Waals surface area (Å²) >= 11 is 0. The Labute approximate surface area is 161 Å². The van der Waals surface area contributed by atoms with Gasteiger partial charge in [0.05, 0.1) is 71.7 Å². The Hall–Kier alpha value is -0.400. The lowest BCUT2D eigenvalue weighted by Gasteiger charge is -2.22. The summed E-state index contributed by atoms with van der Waals surface area (Å²) < 4.78 is 26.1. The van der Waals surface area contributed by atoms with Crippen LogP contribution in [0.3, 0.4) is 0 Å². The molecule has 164 valence electrons. The summed E-state index contributed by atoms with van der Waals surface area (Å²) in [7, 11) is 1.63. The second-order valence-corrected chi connectivity index (χ2v) is 5.78. The molecule has 5 N–H and O–H groups in total. The lowest BCUT2D eigenvalue weighted by Crippen LogP contribution is -2.44. The summed E-state index contributed by atoms with van der Waals surface area (Å²) in [6.07, 6.45) is -3.53. The predicted octanol–water partition coefficient (Wildman–Crippen LogP) is -2.25. The molecule has 0 saturated carbocycles. The predicted molar refractivity (Wildman–Crippen MR) is 97.7 cm³/mol. The number of aliphatic hydroxyl groups excluding tert-OH is 4. The zero-order valence-corrected chi connectivity index (χ0v) is 16.3. The van der Waals surface area contributed by atoms with Gasteiger partial charge in [-0.05, 0) is 6.42 Å². The van der Waals surface area contributed by atoms with Gasteiger partial charge < -0.3 is 49.4 Å². The maximum atomic E-state index is 9.69. The molecule has 0 aliphatic carbocycles. The Balaban J connectivity index is 3.25. The highest BCUT2D eigenvalue weighted by Gasteiger charge is 2.23. The van der Waals surface area contributed by atoms with Gasteiger partial charge in [-0.15, -0.1) is 0 Å². The van der Waals surface area contributed by atoms with E-state index in [0.717, 1.165) is 0 Å². The van der Waals surface area contributed by atoms with E-state index >= 15 is 0 Å². The Kier molecular flexibility index (Phi) is 20.0. The van der Waals surface area contributed by atoms with Crippen molar-refractivity contribution in [2.24, 2.45) is 0 Å². The molecule has 0 bridgehead atoms. The summed E-state index contributed by atoms with van der Waals surface area (Å²) in [6.45, 7) is 4.88. The van der Waals surface area contributed by atoms with Crippen molar-refractivity contribution in [2.75, 3.05) is 86.3 Å². The Morgan fingerprint density at radius 2 is 1.19 bits per heavy atom. The van der Waals surface area contributed by atoms with Gasteiger partial charge in [-0.3, -0.25) is 0 Å². The van der Waals surface area contributed by atoms with E-state index in [4.69, 9.17) is 28.8 Å². The molecule has 0 saturated heterocycles. The van der Waals surface area contributed by atoms with Crippen LogP contribution in [0.2, 0.25) is 0 Å². The fourth-order valence-electron chi connectivity index (χ4n) is 1.98. The zero-order chi connectivity index (χ0) is 20.2. The van der Waals surface area contributed by atoms with E-state index in [9.17, 15) is 15.3 Å². The van der Waals surface area contributed by atoms with Crippen LogP contribution < -0.4 is 5.32 Å². The summed E-state index contributed by atoms with van der Waals surface area (Å²) in [5.41, 5.74) is 0. The van der Waals surface area contributed by atoms with Gasteiger partial charge in [0.15, 0.2) is 0 Å². The van der Waals surface area contributed by atoms with Crippen molar-refractivity contribution in [3.8, 4) is 0 Å². The lowest BCUT2D eigenvalue weighted by molar-refractivity contribution is -0.0646. The van der Waals surface area contributed by atoms with E-state index in [1.165, 1.54) is 0 Å². The van der Waals surface area contributed by atoms with Crippen molar-refractivity contribution in [1.82, 2.24) is 5.32 Å². The second kappa shape index (κ2) is 20.3. The molecule has 3 unspecified atom stereocenters. The number of rotatable bonds is 21. The van der Waals surface area contributed by atoms with Gasteiger partial charge >= 0.3 is 0 Å². The molecular weight excluding hydrogens is 362 g/mol. The maximum absolute atomic E-state index is 9.69. The fourth-order valence-corrected chi connectivity index (χ4v) is 1.98. The number of hydrogen-bond acceptors (Lipinski definition) is 10. The standard InChI is InChI=1S/C17H37NO9/c1-23-6-7-25-10-11-27-13-12-26-9-8-24-5-3-18-14-16(21)17(22)15(20)2-4-19/h15-22H,2-14H2,1H3. The van der Waals surface area contributed by atoms with Crippen LogP contribution in [0.5, 0.6) is 0 Å². The highest BCUT2D eigenvalue weighted by Crippen LogP contribution is 2.03. The molecule has 0 heterocycles. The Morgan fingerprint density at radius 1 is 0.704 bits per heavy atom. The number of methoxy groups -OCH3 is 1. The van der Waals surface area contributed by atoms with Crippen molar-refractivity contribution < 1.29 is 44.1 Å². The number of ether oxygens (including phenoxy) is 5. The first-order valence-corrected chi connectivity index (χ1v) is 9.29. The van der Waals surface area contributed by atoms with E-state index in [-0.39, 0.29) is 19.6 Å². The Morgan fingerprint density at radius 3 is 1.67 bits per heavy atom. The smallest absolute Gasteiger partial charge is 0.107 e. The summed E-state index contributed by atoms with van der Waals surface area (Å²) in [5, 5.41) is 40.4. The molecule has 0 aliphatic rings. The van der Waals surface area contributed by atoms with E-state index in [1.54, 1.807) is 7.11 Å². The second-order valence-electron chi connectivity index (χ2n) is 5.78. The molecule has 10 heteroatoms. The van der Waals surface area contributed by atoms with Gasteiger partial charge in [-0.2, -0.15) is 0 Å². The van der Waals surface area contributed by atoms with Crippen LogP contribution in [0.25, 0.3) is 0 Å². The maximum Gasteiger partial charge on any atom is 0.107 e. The van der Waals surface area contributed by atoms with Crippen molar-refractivity contribution in [2.45, 2.75) is 24.7 Å². The normalized spacial score (nSPS) is 15.0. The molecular formula is C17H37NO9. The quantitative estimate of drug-likeness (QED) is 0.135. The van der Waals surface area contributed by atoms with E-state index in [0.29, 0.717) is 66.0 Å². The number of nitrogens with one attached hydrogen (secondary N) is 1. The summed E-state index contributed by atoms with van der Waals surface area (Å²) in [4.78, 5) is 0. The molecule has 0 aromatic carbocycles. The van der Waals surface area contributed by atoms with Crippen LogP contribution in [0.4, 0.5) is 0 Å². The highest BCUT2D eigenvalue weighted by atomic mass is 16.6. The van der Waals surface area contributed by atoms with Crippen molar-refractivity contribution >= 4 is 0 Å². The molecule has 0 rings (SSSR count). The summed E-state index contributed by atoms with van der Waals surface area (Å²) in [5.74, 6) is 0.